The van der Waals surface area contributed by atoms with Crippen LogP contribution in [0.2, 0.25) is 0 Å². The third kappa shape index (κ3) is 3.69. The largest absolute Gasteiger partial charge is 0.381 e. The Morgan fingerprint density at radius 2 is 2.11 bits per heavy atom. The summed E-state index contributed by atoms with van der Waals surface area (Å²) in [6.45, 7) is 5.60. The van der Waals surface area contributed by atoms with E-state index in [4.69, 9.17) is 4.74 Å². The molecular weight excluding hydrogens is 309 g/mol. The fourth-order valence-corrected chi connectivity index (χ4v) is 3.34. The fraction of sp³-hybridized carbons (Fsp3) is 0.600. The third-order valence-electron chi connectivity index (χ3n) is 3.92. The van der Waals surface area contributed by atoms with Gasteiger partial charge >= 0.3 is 0 Å². The highest BCUT2D eigenvalue weighted by Gasteiger charge is 2.33. The molecule has 1 heterocycles. The predicted octanol–water partition coefficient (Wildman–Crippen LogP) is 3.84. The Hall–Kier alpha value is -0.610. The highest BCUT2D eigenvalue weighted by Crippen LogP contribution is 2.34. The number of nitrogens with zero attached hydrogens (tertiary/aromatic N) is 1. The van der Waals surface area contributed by atoms with Crippen LogP contribution >= 0.6 is 15.9 Å². The summed E-state index contributed by atoms with van der Waals surface area (Å²) in [7, 11) is 0. The van der Waals surface area contributed by atoms with Crippen molar-refractivity contribution in [2.45, 2.75) is 19.8 Å². The van der Waals surface area contributed by atoms with E-state index < -0.39 is 0 Å². The maximum atomic E-state index is 13.4. The molecule has 0 radical (unpaired) electrons. The average molecular weight is 330 g/mol. The van der Waals surface area contributed by atoms with Crippen LogP contribution in [-0.2, 0) is 4.74 Å². The Morgan fingerprint density at radius 1 is 1.37 bits per heavy atom. The number of ether oxygens (including phenoxy) is 1. The molecule has 1 aromatic carbocycles. The first-order chi connectivity index (χ1) is 9.19. The Morgan fingerprint density at radius 3 is 2.68 bits per heavy atom. The van der Waals surface area contributed by atoms with E-state index in [0.29, 0.717) is 0 Å². The number of hydrogen-bond donors (Lipinski definition) is 0. The molecule has 0 saturated carbocycles. The van der Waals surface area contributed by atoms with Gasteiger partial charge in [0.15, 0.2) is 0 Å². The minimum Gasteiger partial charge on any atom is -0.381 e. The van der Waals surface area contributed by atoms with Crippen molar-refractivity contribution in [3.05, 3.63) is 30.1 Å². The second-order valence-electron chi connectivity index (χ2n) is 5.24. The molecule has 1 aliphatic rings. The molecule has 106 valence electrons. The van der Waals surface area contributed by atoms with E-state index in [2.05, 4.69) is 27.8 Å². The van der Waals surface area contributed by atoms with Crippen LogP contribution in [0.15, 0.2) is 24.3 Å². The highest BCUT2D eigenvalue weighted by atomic mass is 79.9. The topological polar surface area (TPSA) is 12.5 Å². The van der Waals surface area contributed by atoms with E-state index in [1.165, 1.54) is 6.07 Å². The molecule has 1 aliphatic heterocycles. The maximum absolute atomic E-state index is 13.4. The lowest BCUT2D eigenvalue weighted by atomic mass is 9.81. The average Bonchev–Trinajstić information content (AvgIpc) is 2.46. The molecule has 0 spiro atoms. The van der Waals surface area contributed by atoms with Gasteiger partial charge in [0.25, 0.3) is 0 Å². The lowest BCUT2D eigenvalue weighted by Gasteiger charge is -2.40. The van der Waals surface area contributed by atoms with Gasteiger partial charge < -0.3 is 9.64 Å². The molecule has 1 saturated heterocycles. The van der Waals surface area contributed by atoms with Crippen LogP contribution in [0.3, 0.4) is 0 Å². The van der Waals surface area contributed by atoms with Gasteiger partial charge in [0, 0.05) is 42.7 Å². The maximum Gasteiger partial charge on any atom is 0.125 e. The van der Waals surface area contributed by atoms with Gasteiger partial charge in [0.1, 0.15) is 5.82 Å². The van der Waals surface area contributed by atoms with E-state index in [-0.39, 0.29) is 11.2 Å². The van der Waals surface area contributed by atoms with Crippen molar-refractivity contribution in [3.8, 4) is 0 Å². The number of hydrogen-bond acceptors (Lipinski definition) is 2. The highest BCUT2D eigenvalue weighted by molar-refractivity contribution is 9.09. The van der Waals surface area contributed by atoms with Crippen molar-refractivity contribution < 1.29 is 9.13 Å². The fourth-order valence-electron chi connectivity index (χ4n) is 2.60. The summed E-state index contributed by atoms with van der Waals surface area (Å²) in [5.74, 6) is -0.171. The molecule has 0 unspecified atom stereocenters. The van der Waals surface area contributed by atoms with Crippen molar-refractivity contribution in [2.75, 3.05) is 36.5 Å². The zero-order valence-electron chi connectivity index (χ0n) is 11.4. The van der Waals surface area contributed by atoms with Crippen molar-refractivity contribution in [1.29, 1.82) is 0 Å². The van der Waals surface area contributed by atoms with Crippen LogP contribution in [0.5, 0.6) is 0 Å². The zero-order chi connectivity index (χ0) is 13.7. The van der Waals surface area contributed by atoms with Crippen LogP contribution in [0.25, 0.3) is 0 Å². The first kappa shape index (κ1) is 14.8. The van der Waals surface area contributed by atoms with Crippen LogP contribution < -0.4 is 4.90 Å². The van der Waals surface area contributed by atoms with Crippen molar-refractivity contribution in [3.63, 3.8) is 0 Å². The van der Waals surface area contributed by atoms with Gasteiger partial charge in [-0.15, -0.1) is 0 Å². The summed E-state index contributed by atoms with van der Waals surface area (Å²) in [6.07, 6.45) is 2.12. The second-order valence-corrected chi connectivity index (χ2v) is 5.80. The Labute approximate surface area is 123 Å². The third-order valence-corrected chi connectivity index (χ3v) is 5.11. The van der Waals surface area contributed by atoms with E-state index in [1.807, 2.05) is 6.07 Å². The van der Waals surface area contributed by atoms with E-state index in [9.17, 15) is 4.39 Å². The standard InChI is InChI=1S/C15H21BrFNO/c1-2-18(14-5-3-4-13(17)10-14)12-15(11-16)6-8-19-9-7-15/h3-5,10H,2,6-9,11-12H2,1H3. The summed E-state index contributed by atoms with van der Waals surface area (Å²) in [5, 5.41) is 0.967. The normalized spacial score (nSPS) is 18.3. The molecule has 0 aliphatic carbocycles. The smallest absolute Gasteiger partial charge is 0.125 e. The molecule has 1 aromatic rings. The second kappa shape index (κ2) is 6.71. The lowest BCUT2D eigenvalue weighted by molar-refractivity contribution is 0.0301. The molecule has 0 N–H and O–H groups in total. The number of halogens is 2. The van der Waals surface area contributed by atoms with Crippen LogP contribution in [0, 0.1) is 11.2 Å². The van der Waals surface area contributed by atoms with Crippen LogP contribution in [0.4, 0.5) is 10.1 Å². The van der Waals surface area contributed by atoms with Gasteiger partial charge in [-0.2, -0.15) is 0 Å². The number of anilines is 1. The minimum absolute atomic E-state index is 0.171. The molecule has 19 heavy (non-hydrogen) atoms. The Balaban J connectivity index is 2.13. The number of alkyl halides is 1. The molecule has 0 bridgehead atoms. The number of rotatable bonds is 5. The summed E-state index contributed by atoms with van der Waals surface area (Å²) in [5.41, 5.74) is 1.20. The van der Waals surface area contributed by atoms with Gasteiger partial charge in [-0.05, 0) is 38.0 Å². The zero-order valence-corrected chi connectivity index (χ0v) is 13.0. The quantitative estimate of drug-likeness (QED) is 0.761. The van der Waals surface area contributed by atoms with Gasteiger partial charge in [0.2, 0.25) is 0 Å². The van der Waals surface area contributed by atoms with Crippen LogP contribution in [-0.4, -0.2) is 31.6 Å². The molecule has 4 heteroatoms. The summed E-state index contributed by atoms with van der Waals surface area (Å²) >= 11 is 3.66. The lowest BCUT2D eigenvalue weighted by Crippen LogP contribution is -2.42. The minimum atomic E-state index is -0.171. The van der Waals surface area contributed by atoms with Crippen molar-refractivity contribution >= 4 is 21.6 Å². The van der Waals surface area contributed by atoms with Gasteiger partial charge in [-0.3, -0.25) is 0 Å². The first-order valence-corrected chi connectivity index (χ1v) is 7.95. The summed E-state index contributed by atoms with van der Waals surface area (Å²) in [6, 6.07) is 6.86. The van der Waals surface area contributed by atoms with Crippen LogP contribution in [0.1, 0.15) is 19.8 Å². The molecule has 1 fully saturated rings. The van der Waals surface area contributed by atoms with Gasteiger partial charge in [0.05, 0.1) is 0 Å². The Bertz CT molecular complexity index is 407. The first-order valence-electron chi connectivity index (χ1n) is 6.83. The van der Waals surface area contributed by atoms with E-state index in [0.717, 1.165) is 50.2 Å². The molecule has 0 atom stereocenters. The van der Waals surface area contributed by atoms with Gasteiger partial charge in [-0.25, -0.2) is 4.39 Å². The molecule has 0 aromatic heterocycles. The predicted molar refractivity (Wildman–Crippen MR) is 80.6 cm³/mol. The summed E-state index contributed by atoms with van der Waals surface area (Å²) in [4.78, 5) is 2.26. The van der Waals surface area contributed by atoms with Gasteiger partial charge in [-0.1, -0.05) is 22.0 Å². The number of benzene rings is 1. The van der Waals surface area contributed by atoms with E-state index >= 15 is 0 Å². The van der Waals surface area contributed by atoms with Crippen molar-refractivity contribution in [2.24, 2.45) is 5.41 Å². The summed E-state index contributed by atoms with van der Waals surface area (Å²) < 4.78 is 18.8. The van der Waals surface area contributed by atoms with Crippen molar-refractivity contribution in [1.82, 2.24) is 0 Å². The van der Waals surface area contributed by atoms with E-state index in [1.54, 1.807) is 12.1 Å². The molecular formula is C15H21BrFNO. The SMILES string of the molecule is CCN(CC1(CBr)CCOCC1)c1cccc(F)c1. The molecule has 2 rings (SSSR count). The molecule has 0 amide bonds. The Kier molecular flexibility index (Phi) is 5.22. The monoisotopic (exact) mass is 329 g/mol. The molecule has 2 nitrogen and oxygen atoms in total.